The molecule has 2 amide bonds. The Kier molecular flexibility index (Phi) is 5.36. The summed E-state index contributed by atoms with van der Waals surface area (Å²) >= 11 is 0. The van der Waals surface area contributed by atoms with Gasteiger partial charge in [0.1, 0.15) is 11.6 Å². The van der Waals surface area contributed by atoms with Gasteiger partial charge in [0, 0.05) is 30.7 Å². The Morgan fingerprint density at radius 1 is 1.12 bits per heavy atom. The van der Waals surface area contributed by atoms with E-state index in [4.69, 9.17) is 0 Å². The molecule has 0 radical (unpaired) electrons. The SMILES string of the molecule is C[C@@H]1CC[C@H](CCc2c(F)cccc2F)N1C(=O)N1CCCCC1. The van der Waals surface area contributed by atoms with Crippen LogP contribution in [0.4, 0.5) is 13.6 Å². The molecule has 0 N–H and O–H groups in total. The molecule has 2 aliphatic heterocycles. The molecule has 2 aliphatic rings. The molecule has 5 heteroatoms. The van der Waals surface area contributed by atoms with E-state index in [2.05, 4.69) is 6.92 Å². The third-order valence-electron chi connectivity index (χ3n) is 5.42. The first-order chi connectivity index (χ1) is 11.6. The lowest BCUT2D eigenvalue weighted by atomic mass is 10.0. The van der Waals surface area contributed by atoms with E-state index in [9.17, 15) is 13.6 Å². The molecule has 2 atom stereocenters. The minimum atomic E-state index is -0.491. The third kappa shape index (κ3) is 3.55. The summed E-state index contributed by atoms with van der Waals surface area (Å²) in [4.78, 5) is 16.8. The number of piperidine rings is 1. The molecule has 2 fully saturated rings. The van der Waals surface area contributed by atoms with Crippen LogP contribution in [-0.2, 0) is 6.42 Å². The van der Waals surface area contributed by atoms with Gasteiger partial charge in [0.25, 0.3) is 0 Å². The number of likely N-dealkylation sites (tertiary alicyclic amines) is 2. The molecule has 0 spiro atoms. The van der Waals surface area contributed by atoms with Crippen molar-refractivity contribution in [2.24, 2.45) is 0 Å². The second-order valence-electron chi connectivity index (χ2n) is 7.06. The van der Waals surface area contributed by atoms with Crippen LogP contribution >= 0.6 is 0 Å². The summed E-state index contributed by atoms with van der Waals surface area (Å²) in [7, 11) is 0. The van der Waals surface area contributed by atoms with Crippen LogP contribution in [0, 0.1) is 11.6 Å². The van der Waals surface area contributed by atoms with E-state index in [1.807, 2.05) is 9.80 Å². The summed E-state index contributed by atoms with van der Waals surface area (Å²) in [6.45, 7) is 3.74. The molecular weight excluding hydrogens is 310 g/mol. The molecule has 2 saturated heterocycles. The average molecular weight is 336 g/mol. The van der Waals surface area contributed by atoms with Gasteiger partial charge in [-0.2, -0.15) is 0 Å². The Labute approximate surface area is 142 Å². The number of nitrogens with zero attached hydrogens (tertiary/aromatic N) is 2. The highest BCUT2D eigenvalue weighted by Crippen LogP contribution is 2.30. The van der Waals surface area contributed by atoms with Crippen molar-refractivity contribution in [1.82, 2.24) is 9.80 Å². The Hall–Kier alpha value is -1.65. The number of carbonyl (C=O) groups is 1. The molecule has 0 bridgehead atoms. The zero-order valence-electron chi connectivity index (χ0n) is 14.3. The highest BCUT2D eigenvalue weighted by molar-refractivity contribution is 5.75. The van der Waals surface area contributed by atoms with Crippen LogP contribution in [0.2, 0.25) is 0 Å². The number of halogens is 2. The lowest BCUT2D eigenvalue weighted by molar-refractivity contribution is 0.124. The van der Waals surface area contributed by atoms with E-state index in [1.54, 1.807) is 0 Å². The van der Waals surface area contributed by atoms with Crippen molar-refractivity contribution in [1.29, 1.82) is 0 Å². The number of hydrogen-bond acceptors (Lipinski definition) is 1. The fourth-order valence-corrected chi connectivity index (χ4v) is 4.03. The number of carbonyl (C=O) groups excluding carboxylic acids is 1. The minimum absolute atomic E-state index is 0.0773. The number of benzene rings is 1. The van der Waals surface area contributed by atoms with Crippen molar-refractivity contribution in [2.45, 2.75) is 64.0 Å². The van der Waals surface area contributed by atoms with Crippen LogP contribution in [-0.4, -0.2) is 41.0 Å². The van der Waals surface area contributed by atoms with E-state index >= 15 is 0 Å². The van der Waals surface area contributed by atoms with Gasteiger partial charge >= 0.3 is 6.03 Å². The number of urea groups is 1. The Bertz CT molecular complexity index is 566. The highest BCUT2D eigenvalue weighted by Gasteiger charge is 2.36. The van der Waals surface area contributed by atoms with Crippen molar-refractivity contribution < 1.29 is 13.6 Å². The molecule has 1 aromatic rings. The maximum atomic E-state index is 13.8. The van der Waals surface area contributed by atoms with Gasteiger partial charge in [-0.1, -0.05) is 6.07 Å². The Morgan fingerprint density at radius 2 is 1.79 bits per heavy atom. The minimum Gasteiger partial charge on any atom is -0.325 e. The molecule has 0 unspecified atom stereocenters. The molecule has 3 nitrogen and oxygen atoms in total. The van der Waals surface area contributed by atoms with E-state index in [1.165, 1.54) is 24.6 Å². The van der Waals surface area contributed by atoms with Gasteiger partial charge in [-0.15, -0.1) is 0 Å². The zero-order chi connectivity index (χ0) is 17.1. The predicted octanol–water partition coefficient (Wildman–Crippen LogP) is 4.36. The zero-order valence-corrected chi connectivity index (χ0v) is 14.3. The molecule has 2 heterocycles. The summed E-state index contributed by atoms with van der Waals surface area (Å²) in [5.74, 6) is -0.982. The molecule has 24 heavy (non-hydrogen) atoms. The van der Waals surface area contributed by atoms with E-state index in [-0.39, 0.29) is 23.7 Å². The smallest absolute Gasteiger partial charge is 0.320 e. The van der Waals surface area contributed by atoms with E-state index in [0.717, 1.165) is 38.8 Å². The first-order valence-electron chi connectivity index (χ1n) is 9.08. The van der Waals surface area contributed by atoms with Crippen molar-refractivity contribution in [3.8, 4) is 0 Å². The number of rotatable bonds is 3. The second-order valence-corrected chi connectivity index (χ2v) is 7.06. The first kappa shape index (κ1) is 17.2. The van der Waals surface area contributed by atoms with E-state index < -0.39 is 11.6 Å². The summed E-state index contributed by atoms with van der Waals surface area (Å²) in [6, 6.07) is 4.37. The topological polar surface area (TPSA) is 23.6 Å². The molecule has 0 saturated carbocycles. The quantitative estimate of drug-likeness (QED) is 0.805. The van der Waals surface area contributed by atoms with Gasteiger partial charge in [0.05, 0.1) is 0 Å². The van der Waals surface area contributed by atoms with Crippen molar-refractivity contribution in [3.63, 3.8) is 0 Å². The summed E-state index contributed by atoms with van der Waals surface area (Å²) in [5, 5.41) is 0. The summed E-state index contributed by atoms with van der Waals surface area (Å²) in [5.41, 5.74) is 0.141. The Morgan fingerprint density at radius 3 is 2.46 bits per heavy atom. The van der Waals surface area contributed by atoms with Crippen molar-refractivity contribution in [3.05, 3.63) is 35.4 Å². The highest BCUT2D eigenvalue weighted by atomic mass is 19.1. The van der Waals surface area contributed by atoms with Gasteiger partial charge in [-0.05, 0) is 64.0 Å². The molecule has 1 aromatic carbocycles. The lowest BCUT2D eigenvalue weighted by Crippen LogP contribution is -2.49. The van der Waals surface area contributed by atoms with Gasteiger partial charge in [0.2, 0.25) is 0 Å². The van der Waals surface area contributed by atoms with Gasteiger partial charge in [-0.25, -0.2) is 13.6 Å². The second kappa shape index (κ2) is 7.49. The average Bonchev–Trinajstić information content (AvgIpc) is 2.95. The van der Waals surface area contributed by atoms with Gasteiger partial charge in [-0.3, -0.25) is 0 Å². The maximum Gasteiger partial charge on any atom is 0.320 e. The van der Waals surface area contributed by atoms with Crippen LogP contribution < -0.4 is 0 Å². The van der Waals surface area contributed by atoms with Crippen LogP contribution in [0.25, 0.3) is 0 Å². The molecule has 0 aromatic heterocycles. The fraction of sp³-hybridized carbons (Fsp3) is 0.632. The van der Waals surface area contributed by atoms with Gasteiger partial charge in [0.15, 0.2) is 0 Å². The van der Waals surface area contributed by atoms with Gasteiger partial charge < -0.3 is 9.80 Å². The number of hydrogen-bond donors (Lipinski definition) is 0. The van der Waals surface area contributed by atoms with E-state index in [0.29, 0.717) is 12.8 Å². The molecule has 132 valence electrons. The molecule has 0 aliphatic carbocycles. The Balaban J connectivity index is 1.66. The number of amides is 2. The fourth-order valence-electron chi connectivity index (χ4n) is 4.03. The van der Waals surface area contributed by atoms with Crippen LogP contribution in [0.1, 0.15) is 51.0 Å². The van der Waals surface area contributed by atoms with Crippen LogP contribution in [0.5, 0.6) is 0 Å². The predicted molar refractivity (Wildman–Crippen MR) is 89.8 cm³/mol. The van der Waals surface area contributed by atoms with Crippen molar-refractivity contribution in [2.75, 3.05) is 13.1 Å². The summed E-state index contributed by atoms with van der Waals surface area (Å²) < 4.78 is 27.6. The molecule has 3 rings (SSSR count). The lowest BCUT2D eigenvalue weighted by Gasteiger charge is -2.36. The van der Waals surface area contributed by atoms with Crippen LogP contribution in [0.15, 0.2) is 18.2 Å². The summed E-state index contributed by atoms with van der Waals surface area (Å²) in [6.07, 6.45) is 6.15. The maximum absolute atomic E-state index is 13.8. The largest absolute Gasteiger partial charge is 0.325 e. The normalized spacial score (nSPS) is 24.5. The first-order valence-corrected chi connectivity index (χ1v) is 9.08. The monoisotopic (exact) mass is 336 g/mol. The van der Waals surface area contributed by atoms with Crippen LogP contribution in [0.3, 0.4) is 0 Å². The van der Waals surface area contributed by atoms with Crippen molar-refractivity contribution >= 4 is 6.03 Å². The molecular formula is C19H26F2N2O. The third-order valence-corrected chi connectivity index (χ3v) is 5.42. The standard InChI is InChI=1S/C19H26F2N2O/c1-14-8-9-15(10-11-16-17(20)6-5-7-18(16)21)23(14)19(24)22-12-3-2-4-13-22/h5-7,14-15H,2-4,8-13H2,1H3/t14-,15-/m1/s1.